The fourth-order valence-electron chi connectivity index (χ4n) is 3.05. The van der Waals surface area contributed by atoms with E-state index < -0.39 is 10.0 Å². The Morgan fingerprint density at radius 2 is 1.87 bits per heavy atom. The number of nitrogens with zero attached hydrogens (tertiary/aromatic N) is 1. The molecule has 1 aliphatic rings. The van der Waals surface area contributed by atoms with E-state index in [0.717, 1.165) is 24.3 Å². The van der Waals surface area contributed by atoms with Gasteiger partial charge < -0.3 is 9.80 Å². The molecule has 0 radical (unpaired) electrons. The third-order valence-electron chi connectivity index (χ3n) is 4.33. The predicted octanol–water partition coefficient (Wildman–Crippen LogP) is 0.0250. The van der Waals surface area contributed by atoms with E-state index >= 15 is 0 Å². The summed E-state index contributed by atoms with van der Waals surface area (Å²) >= 11 is 0. The molecule has 0 saturated carbocycles. The summed E-state index contributed by atoms with van der Waals surface area (Å²) in [6.45, 7) is 2.55. The normalized spacial score (nSPS) is 16.9. The summed E-state index contributed by atoms with van der Waals surface area (Å²) in [7, 11) is 0.619. The Balaban J connectivity index is 2.15. The third kappa shape index (κ3) is 4.96. The zero-order valence-corrected chi connectivity index (χ0v) is 14.7. The van der Waals surface area contributed by atoms with Crippen LogP contribution in [0.2, 0.25) is 0 Å². The van der Waals surface area contributed by atoms with Crippen LogP contribution in [0.5, 0.6) is 0 Å². The highest BCUT2D eigenvalue weighted by atomic mass is 32.2. The highest BCUT2D eigenvalue weighted by Crippen LogP contribution is 2.17. The summed E-state index contributed by atoms with van der Waals surface area (Å²) in [5, 5.41) is 0. The van der Waals surface area contributed by atoms with Crippen LogP contribution in [-0.2, 0) is 10.0 Å². The molecule has 0 aliphatic carbocycles. The minimum absolute atomic E-state index is 0.126. The van der Waals surface area contributed by atoms with Gasteiger partial charge in [-0.3, -0.25) is 0 Å². The summed E-state index contributed by atoms with van der Waals surface area (Å²) in [5.41, 5.74) is 2.30. The summed E-state index contributed by atoms with van der Waals surface area (Å²) in [6.07, 6.45) is 7.51. The second-order valence-electron chi connectivity index (χ2n) is 6.22. The van der Waals surface area contributed by atoms with E-state index in [1.807, 2.05) is 14.1 Å². The van der Waals surface area contributed by atoms with Crippen molar-refractivity contribution in [2.75, 3.05) is 44.4 Å². The fraction of sp³-hybridized carbons (Fsp3) is 0.529. The van der Waals surface area contributed by atoms with Crippen LogP contribution in [0.25, 0.3) is 0 Å². The average Bonchev–Trinajstić information content (AvgIpc) is 3.02. The first-order valence-corrected chi connectivity index (χ1v) is 9.61. The molecule has 0 unspecified atom stereocenters. The number of quaternary nitrogens is 1. The molecule has 0 aromatic heterocycles. The molecule has 2 N–H and O–H groups in total. The number of sulfonamides is 1. The first-order chi connectivity index (χ1) is 10.9. The summed E-state index contributed by atoms with van der Waals surface area (Å²) in [6, 6.07) is 8.48. The van der Waals surface area contributed by atoms with Gasteiger partial charge in [0.15, 0.2) is 0 Å². The lowest BCUT2D eigenvalue weighted by Gasteiger charge is -2.25. The Morgan fingerprint density at radius 3 is 2.39 bits per heavy atom. The average molecular weight is 336 g/mol. The van der Waals surface area contributed by atoms with Gasteiger partial charge in [-0.05, 0) is 12.1 Å². The minimum Gasteiger partial charge on any atom is -0.378 e. The standard InChI is InChI=1S/C17H25N3O2S/c1-4-13-23(21,22)18-14-17(20-11-5-6-12-20)15-7-9-16(10-8-15)19(2)3/h1,7-10,17-18H,5-6,11-14H2,2-3H3/p+1/t17-/m1/s1. The lowest BCUT2D eigenvalue weighted by Crippen LogP contribution is -3.11. The highest BCUT2D eigenvalue weighted by Gasteiger charge is 2.28. The number of likely N-dealkylation sites (tertiary alicyclic amines) is 1. The van der Waals surface area contributed by atoms with Crippen molar-refractivity contribution in [2.45, 2.75) is 18.9 Å². The van der Waals surface area contributed by atoms with E-state index in [1.165, 1.54) is 17.7 Å². The van der Waals surface area contributed by atoms with Crippen LogP contribution in [0.1, 0.15) is 24.4 Å². The molecule has 6 heteroatoms. The maximum Gasteiger partial charge on any atom is 0.223 e. The number of anilines is 1. The van der Waals surface area contributed by atoms with Crippen molar-refractivity contribution in [3.05, 3.63) is 29.8 Å². The molecule has 0 amide bonds. The zero-order valence-electron chi connectivity index (χ0n) is 13.9. The number of terminal acetylenes is 1. The third-order valence-corrected chi connectivity index (χ3v) is 5.48. The lowest BCUT2D eigenvalue weighted by atomic mass is 10.1. The molecule has 23 heavy (non-hydrogen) atoms. The van der Waals surface area contributed by atoms with Crippen molar-refractivity contribution in [3.8, 4) is 12.3 Å². The maximum absolute atomic E-state index is 11.9. The van der Waals surface area contributed by atoms with Gasteiger partial charge in [0.25, 0.3) is 0 Å². The van der Waals surface area contributed by atoms with Crippen molar-refractivity contribution in [1.29, 1.82) is 0 Å². The van der Waals surface area contributed by atoms with Crippen molar-refractivity contribution in [3.63, 3.8) is 0 Å². The Morgan fingerprint density at radius 1 is 1.26 bits per heavy atom. The van der Waals surface area contributed by atoms with Crippen molar-refractivity contribution in [1.82, 2.24) is 4.72 Å². The van der Waals surface area contributed by atoms with Gasteiger partial charge in [0.05, 0.1) is 19.6 Å². The molecule has 126 valence electrons. The van der Waals surface area contributed by atoms with Gasteiger partial charge in [0, 0.05) is 38.2 Å². The number of hydrogen-bond acceptors (Lipinski definition) is 3. The largest absolute Gasteiger partial charge is 0.378 e. The van der Waals surface area contributed by atoms with Crippen LogP contribution < -0.4 is 14.5 Å². The molecule has 0 spiro atoms. The molecular weight excluding hydrogens is 310 g/mol. The van der Waals surface area contributed by atoms with Crippen LogP contribution in [0.15, 0.2) is 24.3 Å². The molecule has 1 atom stereocenters. The van der Waals surface area contributed by atoms with Gasteiger partial charge in [0.1, 0.15) is 11.8 Å². The van der Waals surface area contributed by atoms with E-state index in [4.69, 9.17) is 6.42 Å². The van der Waals surface area contributed by atoms with Gasteiger partial charge in [-0.2, -0.15) is 0 Å². The topological polar surface area (TPSA) is 53.9 Å². The molecule has 0 bridgehead atoms. The molecular formula is C17H26N3O2S+. The summed E-state index contributed by atoms with van der Waals surface area (Å²) < 4.78 is 26.4. The minimum atomic E-state index is -3.39. The molecule has 1 aliphatic heterocycles. The van der Waals surface area contributed by atoms with Crippen molar-refractivity contribution >= 4 is 15.7 Å². The van der Waals surface area contributed by atoms with E-state index in [0.29, 0.717) is 6.54 Å². The van der Waals surface area contributed by atoms with Crippen LogP contribution >= 0.6 is 0 Å². The molecule has 1 aromatic carbocycles. The smallest absolute Gasteiger partial charge is 0.223 e. The highest BCUT2D eigenvalue weighted by molar-refractivity contribution is 7.89. The zero-order chi connectivity index (χ0) is 16.9. The Bertz CT molecular complexity index is 641. The summed E-state index contributed by atoms with van der Waals surface area (Å²) in [5.74, 6) is 1.93. The van der Waals surface area contributed by atoms with E-state index in [-0.39, 0.29) is 11.8 Å². The van der Waals surface area contributed by atoms with Gasteiger partial charge in [-0.25, -0.2) is 13.1 Å². The summed E-state index contributed by atoms with van der Waals surface area (Å²) in [4.78, 5) is 3.49. The monoisotopic (exact) mass is 336 g/mol. The van der Waals surface area contributed by atoms with Gasteiger partial charge in [0.2, 0.25) is 10.0 Å². The van der Waals surface area contributed by atoms with Crippen LogP contribution in [-0.4, -0.2) is 47.9 Å². The van der Waals surface area contributed by atoms with Crippen LogP contribution in [0, 0.1) is 12.3 Å². The molecule has 5 nitrogen and oxygen atoms in total. The molecule has 1 heterocycles. The van der Waals surface area contributed by atoms with Crippen LogP contribution in [0.4, 0.5) is 5.69 Å². The van der Waals surface area contributed by atoms with Crippen molar-refractivity contribution < 1.29 is 13.3 Å². The van der Waals surface area contributed by atoms with Gasteiger partial charge in [-0.15, -0.1) is 6.42 Å². The predicted molar refractivity (Wildman–Crippen MR) is 94.1 cm³/mol. The number of benzene rings is 1. The van der Waals surface area contributed by atoms with Crippen molar-refractivity contribution in [2.24, 2.45) is 0 Å². The maximum atomic E-state index is 11.9. The Kier molecular flexibility index (Phi) is 6.05. The molecule has 2 rings (SSSR count). The fourth-order valence-corrected chi connectivity index (χ4v) is 3.79. The Hall–Kier alpha value is -1.55. The quantitative estimate of drug-likeness (QED) is 0.691. The SMILES string of the molecule is C#CCS(=O)(=O)NC[C@H](c1ccc(N(C)C)cc1)[NH+]1CCCC1. The van der Waals surface area contributed by atoms with Crippen LogP contribution in [0.3, 0.4) is 0 Å². The van der Waals surface area contributed by atoms with E-state index in [2.05, 4.69) is 39.8 Å². The van der Waals surface area contributed by atoms with Gasteiger partial charge >= 0.3 is 0 Å². The molecule has 1 aromatic rings. The first kappa shape index (κ1) is 17.8. The first-order valence-electron chi connectivity index (χ1n) is 7.95. The number of nitrogens with one attached hydrogen (secondary N) is 2. The number of hydrogen-bond donors (Lipinski definition) is 2. The molecule has 1 saturated heterocycles. The second-order valence-corrected chi connectivity index (χ2v) is 8.02. The molecule has 1 fully saturated rings. The van der Waals surface area contributed by atoms with E-state index in [1.54, 1.807) is 0 Å². The second kappa shape index (κ2) is 7.82. The van der Waals surface area contributed by atoms with Gasteiger partial charge in [-0.1, -0.05) is 18.1 Å². The van der Waals surface area contributed by atoms with E-state index in [9.17, 15) is 8.42 Å². The Labute approximate surface area is 139 Å². The lowest BCUT2D eigenvalue weighted by molar-refractivity contribution is -0.918. The number of rotatable bonds is 7.